The molecule has 4 nitrogen and oxygen atoms in total. The van der Waals surface area contributed by atoms with Crippen LogP contribution in [0.4, 0.5) is 0 Å². The molecule has 3 N–H and O–H groups in total. The van der Waals surface area contributed by atoms with Gasteiger partial charge in [-0.05, 0) is 37.0 Å². The van der Waals surface area contributed by atoms with Crippen molar-refractivity contribution < 1.29 is 8.42 Å². The quantitative estimate of drug-likeness (QED) is 0.829. The van der Waals surface area contributed by atoms with E-state index in [9.17, 15) is 8.42 Å². The molecule has 5 heteroatoms. The molecule has 0 unspecified atom stereocenters. The van der Waals surface area contributed by atoms with Crippen LogP contribution in [-0.2, 0) is 16.6 Å². The van der Waals surface area contributed by atoms with Gasteiger partial charge in [0.05, 0.1) is 4.90 Å². The van der Waals surface area contributed by atoms with Gasteiger partial charge in [0.1, 0.15) is 0 Å². The molecule has 0 aromatic heterocycles. The van der Waals surface area contributed by atoms with E-state index >= 15 is 0 Å². The van der Waals surface area contributed by atoms with Crippen molar-refractivity contribution in [3.8, 4) is 0 Å². The smallest absolute Gasteiger partial charge is 0.241 e. The van der Waals surface area contributed by atoms with E-state index in [0.717, 1.165) is 24.0 Å². The minimum atomic E-state index is -3.43. The third kappa shape index (κ3) is 3.54. The lowest BCUT2D eigenvalue weighted by Crippen LogP contribution is -2.34. The number of hydrogen-bond acceptors (Lipinski definition) is 3. The highest BCUT2D eigenvalue weighted by Crippen LogP contribution is 2.17. The summed E-state index contributed by atoms with van der Waals surface area (Å²) in [5.41, 5.74) is 7.21. The first-order chi connectivity index (χ1) is 8.44. The molecule has 102 valence electrons. The zero-order chi connectivity index (χ0) is 13.8. The molecule has 0 spiro atoms. The Morgan fingerprint density at radius 1 is 1.28 bits per heavy atom. The molecule has 0 saturated heterocycles. The summed E-state index contributed by atoms with van der Waals surface area (Å²) in [4.78, 5) is 0.339. The van der Waals surface area contributed by atoms with Gasteiger partial charge >= 0.3 is 0 Å². The Morgan fingerprint density at radius 3 is 2.33 bits per heavy atom. The Balaban J connectivity index is 3.05. The molecule has 0 aliphatic carbocycles. The summed E-state index contributed by atoms with van der Waals surface area (Å²) in [6.45, 7) is 6.16. The van der Waals surface area contributed by atoms with E-state index in [1.54, 1.807) is 19.1 Å². The fourth-order valence-electron chi connectivity index (χ4n) is 1.88. The molecule has 0 heterocycles. The summed E-state index contributed by atoms with van der Waals surface area (Å²) in [6.07, 6.45) is 1.57. The zero-order valence-corrected chi connectivity index (χ0v) is 12.0. The van der Waals surface area contributed by atoms with Gasteiger partial charge in [0.25, 0.3) is 0 Å². The molecule has 0 bridgehead atoms. The largest absolute Gasteiger partial charge is 0.326 e. The molecule has 0 atom stereocenters. The van der Waals surface area contributed by atoms with E-state index in [4.69, 9.17) is 5.73 Å². The van der Waals surface area contributed by atoms with E-state index in [-0.39, 0.29) is 6.04 Å². The Kier molecular flexibility index (Phi) is 5.31. The average molecular weight is 270 g/mol. The summed E-state index contributed by atoms with van der Waals surface area (Å²) in [5.74, 6) is 0. The number of benzene rings is 1. The lowest BCUT2D eigenvalue weighted by atomic mass is 10.1. The standard InChI is InChI=1S/C13H22N2O2S/c1-4-12(5-2)15-18(16,17)13-7-6-11(9-14)8-10(13)3/h6-8,12,15H,4-5,9,14H2,1-3H3. The Labute approximate surface area is 110 Å². The molecule has 1 aromatic carbocycles. The van der Waals surface area contributed by atoms with Gasteiger partial charge in [-0.25, -0.2) is 13.1 Å². The van der Waals surface area contributed by atoms with Crippen molar-refractivity contribution in [1.82, 2.24) is 4.72 Å². The molecular weight excluding hydrogens is 248 g/mol. The Morgan fingerprint density at radius 2 is 1.89 bits per heavy atom. The van der Waals surface area contributed by atoms with E-state index < -0.39 is 10.0 Å². The predicted octanol–water partition coefficient (Wildman–Crippen LogP) is 1.92. The first kappa shape index (κ1) is 15.1. The second-order valence-corrected chi connectivity index (χ2v) is 6.12. The Bertz CT molecular complexity index is 494. The van der Waals surface area contributed by atoms with Gasteiger partial charge in [-0.2, -0.15) is 0 Å². The first-order valence-electron chi connectivity index (χ1n) is 6.26. The van der Waals surface area contributed by atoms with Gasteiger partial charge in [0.2, 0.25) is 10.0 Å². The third-order valence-corrected chi connectivity index (χ3v) is 4.75. The molecule has 0 fully saturated rings. The summed E-state index contributed by atoms with van der Waals surface area (Å²) < 4.78 is 27.2. The summed E-state index contributed by atoms with van der Waals surface area (Å²) in [6, 6.07) is 5.20. The van der Waals surface area contributed by atoms with Crippen LogP contribution in [0.15, 0.2) is 23.1 Å². The molecule has 0 aliphatic heterocycles. The van der Waals surface area contributed by atoms with Crippen molar-refractivity contribution in [3.05, 3.63) is 29.3 Å². The van der Waals surface area contributed by atoms with Crippen molar-refractivity contribution in [3.63, 3.8) is 0 Å². The topological polar surface area (TPSA) is 72.2 Å². The van der Waals surface area contributed by atoms with Crippen LogP contribution in [0, 0.1) is 6.92 Å². The SMILES string of the molecule is CCC(CC)NS(=O)(=O)c1ccc(CN)cc1C. The van der Waals surface area contributed by atoms with Crippen molar-refractivity contribution in [1.29, 1.82) is 0 Å². The van der Waals surface area contributed by atoms with Crippen LogP contribution in [0.3, 0.4) is 0 Å². The number of hydrogen-bond donors (Lipinski definition) is 2. The van der Waals surface area contributed by atoms with Crippen LogP contribution >= 0.6 is 0 Å². The minimum absolute atomic E-state index is 0.0106. The molecule has 0 radical (unpaired) electrons. The van der Waals surface area contributed by atoms with Gasteiger partial charge in [-0.15, -0.1) is 0 Å². The van der Waals surface area contributed by atoms with E-state index in [1.807, 2.05) is 19.9 Å². The van der Waals surface area contributed by atoms with E-state index in [0.29, 0.717) is 11.4 Å². The molecule has 0 aliphatic rings. The molecule has 1 rings (SSSR count). The maximum atomic E-state index is 12.2. The van der Waals surface area contributed by atoms with Gasteiger partial charge in [0, 0.05) is 12.6 Å². The fraction of sp³-hybridized carbons (Fsp3) is 0.538. The number of nitrogens with one attached hydrogen (secondary N) is 1. The number of sulfonamides is 1. The van der Waals surface area contributed by atoms with Crippen molar-refractivity contribution in [2.45, 2.75) is 51.1 Å². The molecular formula is C13H22N2O2S. The first-order valence-corrected chi connectivity index (χ1v) is 7.74. The number of nitrogens with two attached hydrogens (primary N) is 1. The highest BCUT2D eigenvalue weighted by molar-refractivity contribution is 7.89. The van der Waals surface area contributed by atoms with Gasteiger partial charge < -0.3 is 5.73 Å². The van der Waals surface area contributed by atoms with Gasteiger partial charge in [-0.1, -0.05) is 26.0 Å². The van der Waals surface area contributed by atoms with Crippen LogP contribution in [0.25, 0.3) is 0 Å². The molecule has 0 saturated carbocycles. The number of rotatable bonds is 6. The lowest BCUT2D eigenvalue weighted by Gasteiger charge is -2.16. The highest BCUT2D eigenvalue weighted by Gasteiger charge is 2.19. The van der Waals surface area contributed by atoms with Crippen molar-refractivity contribution >= 4 is 10.0 Å². The summed E-state index contributed by atoms with van der Waals surface area (Å²) in [7, 11) is -3.43. The maximum absolute atomic E-state index is 12.2. The summed E-state index contributed by atoms with van der Waals surface area (Å²) >= 11 is 0. The lowest BCUT2D eigenvalue weighted by molar-refractivity contribution is 0.530. The molecule has 18 heavy (non-hydrogen) atoms. The van der Waals surface area contributed by atoms with Crippen LogP contribution in [0.2, 0.25) is 0 Å². The monoisotopic (exact) mass is 270 g/mol. The number of aryl methyl sites for hydroxylation is 1. The van der Waals surface area contributed by atoms with Crippen LogP contribution in [0.1, 0.15) is 37.8 Å². The summed E-state index contributed by atoms with van der Waals surface area (Å²) in [5, 5.41) is 0. The predicted molar refractivity (Wildman–Crippen MR) is 73.8 cm³/mol. The minimum Gasteiger partial charge on any atom is -0.326 e. The van der Waals surface area contributed by atoms with Crippen LogP contribution in [0.5, 0.6) is 0 Å². The van der Waals surface area contributed by atoms with E-state index in [2.05, 4.69) is 4.72 Å². The second-order valence-electron chi connectivity index (χ2n) is 4.44. The van der Waals surface area contributed by atoms with Crippen LogP contribution < -0.4 is 10.5 Å². The fourth-order valence-corrected chi connectivity index (χ4v) is 3.51. The van der Waals surface area contributed by atoms with Crippen molar-refractivity contribution in [2.24, 2.45) is 5.73 Å². The maximum Gasteiger partial charge on any atom is 0.241 e. The third-order valence-electron chi connectivity index (χ3n) is 3.07. The normalized spacial score (nSPS) is 12.1. The molecule has 1 aromatic rings. The van der Waals surface area contributed by atoms with Crippen molar-refractivity contribution in [2.75, 3.05) is 0 Å². The van der Waals surface area contributed by atoms with Crippen LogP contribution in [-0.4, -0.2) is 14.5 Å². The molecule has 0 amide bonds. The second kappa shape index (κ2) is 6.31. The highest BCUT2D eigenvalue weighted by atomic mass is 32.2. The average Bonchev–Trinajstić information content (AvgIpc) is 2.35. The zero-order valence-electron chi connectivity index (χ0n) is 11.2. The Hall–Kier alpha value is -0.910. The van der Waals surface area contributed by atoms with E-state index in [1.165, 1.54) is 0 Å². The van der Waals surface area contributed by atoms with Gasteiger partial charge in [0.15, 0.2) is 0 Å². The van der Waals surface area contributed by atoms with Gasteiger partial charge in [-0.3, -0.25) is 0 Å².